The predicted octanol–water partition coefficient (Wildman–Crippen LogP) is 4.04. The van der Waals surface area contributed by atoms with Crippen molar-refractivity contribution in [1.29, 1.82) is 0 Å². The Kier molecular flexibility index (Phi) is 7.85. The molecular weight excluding hydrogens is 288 g/mol. The van der Waals surface area contributed by atoms with Crippen LogP contribution in [0.2, 0.25) is 0 Å². The summed E-state index contributed by atoms with van der Waals surface area (Å²) in [4.78, 5) is 8.14. The average molecular weight is 312 g/mol. The van der Waals surface area contributed by atoms with E-state index in [4.69, 9.17) is 5.73 Å². The number of nitrogen functional groups attached to an aromatic ring is 1. The number of aromatic nitrogens is 4. The van der Waals surface area contributed by atoms with Crippen LogP contribution < -0.4 is 11.1 Å². The molecule has 0 saturated carbocycles. The van der Waals surface area contributed by atoms with Gasteiger partial charge < -0.3 is 11.1 Å². The summed E-state index contributed by atoms with van der Waals surface area (Å²) in [6.07, 6.45) is 3.36. The molecule has 0 fully saturated rings. The molecule has 0 saturated heterocycles. The topological polar surface area (TPSA) is 81.6 Å². The number of benzene rings is 1. The fourth-order valence-electron chi connectivity index (χ4n) is 1.70. The van der Waals surface area contributed by atoms with Gasteiger partial charge in [-0.05, 0) is 24.3 Å². The van der Waals surface area contributed by atoms with Gasteiger partial charge in [0.2, 0.25) is 11.9 Å². The molecule has 23 heavy (non-hydrogen) atoms. The summed E-state index contributed by atoms with van der Waals surface area (Å²) < 4.78 is 1.56. The number of anilines is 3. The summed E-state index contributed by atoms with van der Waals surface area (Å²) in [7, 11) is 0. The zero-order chi connectivity index (χ0) is 17.1. The normalized spacial score (nSPS) is 9.04. The van der Waals surface area contributed by atoms with E-state index in [2.05, 4.69) is 20.4 Å². The van der Waals surface area contributed by atoms with Crippen molar-refractivity contribution in [2.45, 2.75) is 27.7 Å². The molecule has 3 rings (SSSR count). The van der Waals surface area contributed by atoms with Crippen LogP contribution in [0.5, 0.6) is 0 Å². The molecule has 3 N–H and O–H groups in total. The maximum absolute atomic E-state index is 5.86. The van der Waals surface area contributed by atoms with Gasteiger partial charge in [-0.15, -0.1) is 5.10 Å². The summed E-state index contributed by atoms with van der Waals surface area (Å²) in [6, 6.07) is 13.3. The molecule has 122 valence electrons. The van der Waals surface area contributed by atoms with Crippen LogP contribution in [0.15, 0.2) is 54.9 Å². The second-order valence-electron chi connectivity index (χ2n) is 3.90. The van der Waals surface area contributed by atoms with Crippen LogP contribution in [0, 0.1) is 0 Å². The molecule has 0 aliphatic rings. The van der Waals surface area contributed by atoms with Crippen molar-refractivity contribution in [3.8, 4) is 5.69 Å². The zero-order valence-electron chi connectivity index (χ0n) is 14.1. The highest BCUT2D eigenvalue weighted by Gasteiger charge is 2.08. The van der Waals surface area contributed by atoms with Gasteiger partial charge in [0.25, 0.3) is 0 Å². The van der Waals surface area contributed by atoms with Crippen molar-refractivity contribution >= 4 is 17.6 Å². The van der Waals surface area contributed by atoms with Crippen LogP contribution in [0.25, 0.3) is 5.69 Å². The lowest BCUT2D eigenvalue weighted by atomic mass is 10.3. The average Bonchev–Trinajstić information content (AvgIpc) is 3.00. The highest BCUT2D eigenvalue weighted by molar-refractivity contribution is 5.54. The maximum Gasteiger partial charge on any atom is 0.248 e. The summed E-state index contributed by atoms with van der Waals surface area (Å²) in [5.74, 6) is 0.783. The van der Waals surface area contributed by atoms with E-state index in [0.29, 0.717) is 11.9 Å². The number of hydrogen-bond acceptors (Lipinski definition) is 5. The Morgan fingerprint density at radius 3 is 2.13 bits per heavy atom. The van der Waals surface area contributed by atoms with Crippen LogP contribution in [0.4, 0.5) is 17.6 Å². The van der Waals surface area contributed by atoms with Crippen LogP contribution in [0.3, 0.4) is 0 Å². The van der Waals surface area contributed by atoms with Crippen LogP contribution >= 0.6 is 0 Å². The minimum Gasteiger partial charge on any atom is -0.368 e. The Morgan fingerprint density at radius 2 is 1.52 bits per heavy atom. The third-order valence-corrected chi connectivity index (χ3v) is 2.57. The number of nitrogens with two attached hydrogens (primary N) is 1. The largest absolute Gasteiger partial charge is 0.368 e. The van der Waals surface area contributed by atoms with Crippen LogP contribution in [0.1, 0.15) is 27.7 Å². The lowest BCUT2D eigenvalue weighted by Crippen LogP contribution is -2.02. The van der Waals surface area contributed by atoms with Crippen molar-refractivity contribution in [2.24, 2.45) is 0 Å². The van der Waals surface area contributed by atoms with Gasteiger partial charge >= 0.3 is 0 Å². The fraction of sp³-hybridized carbons (Fsp3) is 0.235. The van der Waals surface area contributed by atoms with E-state index in [1.54, 1.807) is 17.1 Å². The Morgan fingerprint density at radius 1 is 0.913 bits per heavy atom. The molecule has 3 aromatic rings. The third kappa shape index (κ3) is 5.10. The first-order chi connectivity index (χ1) is 11.3. The monoisotopic (exact) mass is 312 g/mol. The smallest absolute Gasteiger partial charge is 0.248 e. The van der Waals surface area contributed by atoms with Crippen molar-refractivity contribution in [1.82, 2.24) is 19.7 Å². The second-order valence-corrected chi connectivity index (χ2v) is 3.90. The molecule has 0 bridgehead atoms. The first-order valence-corrected chi connectivity index (χ1v) is 7.78. The molecule has 0 aliphatic heterocycles. The minimum atomic E-state index is 0.324. The summed E-state index contributed by atoms with van der Waals surface area (Å²) >= 11 is 0. The Labute approximate surface area is 137 Å². The first-order valence-electron chi connectivity index (χ1n) is 7.78. The number of pyridine rings is 1. The van der Waals surface area contributed by atoms with Gasteiger partial charge in [0.05, 0.1) is 5.69 Å². The van der Waals surface area contributed by atoms with E-state index in [0.717, 1.165) is 11.4 Å². The number of hydrogen-bond donors (Lipinski definition) is 2. The number of nitrogens with zero attached hydrogens (tertiary/aromatic N) is 4. The molecular formula is C17H24N6. The summed E-state index contributed by atoms with van der Waals surface area (Å²) in [6.45, 7) is 8.00. The van der Waals surface area contributed by atoms with E-state index in [-0.39, 0.29) is 0 Å². The van der Waals surface area contributed by atoms with E-state index >= 15 is 0 Å². The predicted molar refractivity (Wildman–Crippen MR) is 96.0 cm³/mol. The molecule has 6 heteroatoms. The van der Waals surface area contributed by atoms with Gasteiger partial charge in [0.15, 0.2) is 0 Å². The SMILES string of the molecule is CC.CC.Nc1nc(Nc2ccccc2)nn1-c1ccncc1. The molecule has 2 heterocycles. The number of nitrogens with one attached hydrogen (secondary N) is 1. The Bertz CT molecular complexity index is 664. The molecule has 0 amide bonds. The zero-order valence-corrected chi connectivity index (χ0v) is 14.1. The van der Waals surface area contributed by atoms with Gasteiger partial charge in [0.1, 0.15) is 0 Å². The van der Waals surface area contributed by atoms with Crippen molar-refractivity contribution in [3.63, 3.8) is 0 Å². The molecule has 2 aromatic heterocycles. The quantitative estimate of drug-likeness (QED) is 0.762. The van der Waals surface area contributed by atoms with Crippen molar-refractivity contribution < 1.29 is 0 Å². The van der Waals surface area contributed by atoms with Gasteiger partial charge in [-0.3, -0.25) is 4.98 Å². The van der Waals surface area contributed by atoms with Crippen molar-refractivity contribution in [2.75, 3.05) is 11.1 Å². The maximum atomic E-state index is 5.86. The standard InChI is InChI=1S/C13H12N6.2C2H6/c14-12-17-13(16-10-4-2-1-3-5-10)18-19(12)11-6-8-15-9-7-11;2*1-2/h1-9H,(H3,14,16,17,18);2*1-2H3. The van der Waals surface area contributed by atoms with Gasteiger partial charge in [0, 0.05) is 18.1 Å². The van der Waals surface area contributed by atoms with Crippen LogP contribution in [-0.4, -0.2) is 19.7 Å². The van der Waals surface area contributed by atoms with Gasteiger partial charge in [-0.2, -0.15) is 9.67 Å². The molecule has 0 unspecified atom stereocenters. The second kappa shape index (κ2) is 9.94. The molecule has 1 aromatic carbocycles. The highest BCUT2D eigenvalue weighted by atomic mass is 15.4. The first kappa shape index (κ1) is 18.2. The molecule has 0 spiro atoms. The highest BCUT2D eigenvalue weighted by Crippen LogP contribution is 2.16. The molecule has 0 radical (unpaired) electrons. The molecule has 6 nitrogen and oxygen atoms in total. The molecule has 0 atom stereocenters. The minimum absolute atomic E-state index is 0.324. The molecule has 0 aliphatic carbocycles. The van der Waals surface area contributed by atoms with E-state index < -0.39 is 0 Å². The van der Waals surface area contributed by atoms with Crippen LogP contribution in [-0.2, 0) is 0 Å². The number of rotatable bonds is 3. The summed E-state index contributed by atoms with van der Waals surface area (Å²) in [5, 5.41) is 7.41. The Hall–Kier alpha value is -2.89. The van der Waals surface area contributed by atoms with Crippen molar-refractivity contribution in [3.05, 3.63) is 54.9 Å². The lowest BCUT2D eigenvalue weighted by Gasteiger charge is -2.01. The fourth-order valence-corrected chi connectivity index (χ4v) is 1.70. The summed E-state index contributed by atoms with van der Waals surface area (Å²) in [5.41, 5.74) is 7.59. The number of para-hydroxylation sites is 1. The lowest BCUT2D eigenvalue weighted by molar-refractivity contribution is 0.891. The van der Waals surface area contributed by atoms with E-state index in [9.17, 15) is 0 Å². The van der Waals surface area contributed by atoms with E-state index in [1.165, 1.54) is 0 Å². The Balaban J connectivity index is 0.000000615. The van der Waals surface area contributed by atoms with E-state index in [1.807, 2.05) is 70.2 Å². The third-order valence-electron chi connectivity index (χ3n) is 2.57. The van der Waals surface area contributed by atoms with Gasteiger partial charge in [-0.25, -0.2) is 0 Å². The van der Waals surface area contributed by atoms with Gasteiger partial charge in [-0.1, -0.05) is 45.9 Å².